The minimum absolute atomic E-state index is 0.0125. The number of hydrogen-bond acceptors (Lipinski definition) is 7. The van der Waals surface area contributed by atoms with Crippen molar-refractivity contribution >= 4 is 39.2 Å². The summed E-state index contributed by atoms with van der Waals surface area (Å²) >= 11 is 1.63. The number of carbonyl (C=O) groups is 2. The van der Waals surface area contributed by atoms with E-state index in [-0.39, 0.29) is 18.4 Å². The average molecular weight is 399 g/mol. The van der Waals surface area contributed by atoms with E-state index in [1.807, 2.05) is 6.92 Å². The van der Waals surface area contributed by atoms with E-state index in [9.17, 15) is 9.59 Å². The number of fused-ring (bicyclic) bond motifs is 1. The zero-order valence-electron chi connectivity index (χ0n) is 15.8. The lowest BCUT2D eigenvalue weighted by atomic mass is 10.2. The molecule has 9 heteroatoms. The zero-order chi connectivity index (χ0) is 19.7. The van der Waals surface area contributed by atoms with E-state index in [1.54, 1.807) is 33.3 Å². The number of rotatable bonds is 4. The van der Waals surface area contributed by atoms with Crippen molar-refractivity contribution in [3.05, 3.63) is 40.9 Å². The van der Waals surface area contributed by atoms with Crippen LogP contribution in [0.3, 0.4) is 0 Å². The standard InChI is InChI=1S/C19H21N5O3S/c1-12-13(2)28-18-16(12)17(21-11-22-18)20-10-15(25)23-5-7-24(8-6-23)19(26)14-4-3-9-27-14/h3-4,9,11H,5-8,10H2,1-2H3,(H,20,21,22). The Hall–Kier alpha value is -2.94. The Kier molecular flexibility index (Phi) is 4.99. The summed E-state index contributed by atoms with van der Waals surface area (Å²) in [6, 6.07) is 3.35. The van der Waals surface area contributed by atoms with Crippen LogP contribution in [-0.2, 0) is 4.79 Å². The van der Waals surface area contributed by atoms with Crippen LogP contribution in [0.25, 0.3) is 10.2 Å². The number of aryl methyl sites for hydroxylation is 2. The maximum atomic E-state index is 12.6. The molecule has 4 heterocycles. The van der Waals surface area contributed by atoms with Gasteiger partial charge >= 0.3 is 0 Å². The Morgan fingerprint density at radius 1 is 1.18 bits per heavy atom. The first-order valence-electron chi connectivity index (χ1n) is 9.09. The van der Waals surface area contributed by atoms with Gasteiger partial charge in [0, 0.05) is 31.1 Å². The maximum absolute atomic E-state index is 12.6. The Labute approximate surface area is 166 Å². The van der Waals surface area contributed by atoms with Crippen molar-refractivity contribution in [2.24, 2.45) is 0 Å². The van der Waals surface area contributed by atoms with Crippen molar-refractivity contribution in [2.45, 2.75) is 13.8 Å². The van der Waals surface area contributed by atoms with Crippen molar-refractivity contribution in [3.63, 3.8) is 0 Å². The Morgan fingerprint density at radius 2 is 1.93 bits per heavy atom. The van der Waals surface area contributed by atoms with Gasteiger partial charge < -0.3 is 19.5 Å². The summed E-state index contributed by atoms with van der Waals surface area (Å²) in [6.45, 7) is 6.25. The molecule has 0 atom stereocenters. The van der Waals surface area contributed by atoms with Gasteiger partial charge in [0.05, 0.1) is 18.2 Å². The molecule has 8 nitrogen and oxygen atoms in total. The normalized spacial score (nSPS) is 14.5. The Morgan fingerprint density at radius 3 is 2.64 bits per heavy atom. The highest BCUT2D eigenvalue weighted by Crippen LogP contribution is 2.32. The third-order valence-corrected chi connectivity index (χ3v) is 6.14. The monoisotopic (exact) mass is 399 g/mol. The molecule has 0 aliphatic carbocycles. The van der Waals surface area contributed by atoms with E-state index in [2.05, 4.69) is 22.2 Å². The summed E-state index contributed by atoms with van der Waals surface area (Å²) < 4.78 is 5.16. The van der Waals surface area contributed by atoms with Crippen LogP contribution in [0.1, 0.15) is 21.0 Å². The molecular weight excluding hydrogens is 378 g/mol. The number of thiophene rings is 1. The van der Waals surface area contributed by atoms with Crippen LogP contribution in [0, 0.1) is 13.8 Å². The molecule has 1 N–H and O–H groups in total. The summed E-state index contributed by atoms with van der Waals surface area (Å²) in [6.07, 6.45) is 3.00. The molecule has 0 unspecified atom stereocenters. The number of furan rings is 1. The first-order valence-corrected chi connectivity index (χ1v) is 9.91. The fourth-order valence-electron chi connectivity index (χ4n) is 3.30. The minimum atomic E-state index is -0.137. The average Bonchev–Trinajstić information content (AvgIpc) is 3.35. The second-order valence-electron chi connectivity index (χ2n) is 6.69. The Balaban J connectivity index is 1.35. The summed E-state index contributed by atoms with van der Waals surface area (Å²) in [5.74, 6) is 0.867. The summed E-state index contributed by atoms with van der Waals surface area (Å²) in [5.41, 5.74) is 1.14. The maximum Gasteiger partial charge on any atom is 0.289 e. The van der Waals surface area contributed by atoms with Crippen molar-refractivity contribution in [1.82, 2.24) is 19.8 Å². The predicted octanol–water partition coefficient (Wildman–Crippen LogP) is 2.30. The quantitative estimate of drug-likeness (QED) is 0.724. The van der Waals surface area contributed by atoms with Gasteiger partial charge in [0.1, 0.15) is 17.0 Å². The molecule has 0 spiro atoms. The van der Waals surface area contributed by atoms with Gasteiger partial charge in [-0.25, -0.2) is 9.97 Å². The van der Waals surface area contributed by atoms with E-state index >= 15 is 0 Å². The molecule has 3 aromatic rings. The van der Waals surface area contributed by atoms with Crippen molar-refractivity contribution < 1.29 is 14.0 Å². The van der Waals surface area contributed by atoms with Crippen LogP contribution < -0.4 is 5.32 Å². The molecule has 0 bridgehead atoms. The number of anilines is 1. The lowest BCUT2D eigenvalue weighted by Crippen LogP contribution is -2.51. The van der Waals surface area contributed by atoms with E-state index in [1.165, 1.54) is 17.5 Å². The van der Waals surface area contributed by atoms with Gasteiger partial charge in [0.2, 0.25) is 5.91 Å². The number of amides is 2. The number of aromatic nitrogens is 2. The molecule has 4 rings (SSSR count). The van der Waals surface area contributed by atoms with Crippen LogP contribution >= 0.6 is 11.3 Å². The van der Waals surface area contributed by atoms with Crippen molar-refractivity contribution in [1.29, 1.82) is 0 Å². The zero-order valence-corrected chi connectivity index (χ0v) is 16.6. The number of nitrogens with one attached hydrogen (secondary N) is 1. The molecule has 0 radical (unpaired) electrons. The smallest absolute Gasteiger partial charge is 0.289 e. The van der Waals surface area contributed by atoms with E-state index in [0.29, 0.717) is 37.8 Å². The summed E-state index contributed by atoms with van der Waals surface area (Å²) in [4.78, 5) is 39.1. The topological polar surface area (TPSA) is 91.6 Å². The van der Waals surface area contributed by atoms with Crippen LogP contribution in [0.15, 0.2) is 29.1 Å². The molecule has 1 fully saturated rings. The molecule has 2 amide bonds. The summed E-state index contributed by atoms with van der Waals surface area (Å²) in [5, 5.41) is 4.14. The lowest BCUT2D eigenvalue weighted by molar-refractivity contribution is -0.130. The van der Waals surface area contributed by atoms with Crippen LogP contribution in [0.4, 0.5) is 5.82 Å². The highest BCUT2D eigenvalue weighted by atomic mass is 32.1. The highest BCUT2D eigenvalue weighted by molar-refractivity contribution is 7.18. The van der Waals surface area contributed by atoms with E-state index in [0.717, 1.165) is 15.8 Å². The van der Waals surface area contributed by atoms with Crippen LogP contribution in [0.2, 0.25) is 0 Å². The van der Waals surface area contributed by atoms with Crippen molar-refractivity contribution in [2.75, 3.05) is 38.0 Å². The molecular formula is C19H21N5O3S. The number of piperazine rings is 1. The third kappa shape index (κ3) is 3.45. The van der Waals surface area contributed by atoms with Crippen molar-refractivity contribution in [3.8, 4) is 0 Å². The van der Waals surface area contributed by atoms with Crippen LogP contribution in [0.5, 0.6) is 0 Å². The fraction of sp³-hybridized carbons (Fsp3) is 0.368. The van der Waals surface area contributed by atoms with Gasteiger partial charge in [-0.05, 0) is 31.5 Å². The fourth-order valence-corrected chi connectivity index (χ4v) is 4.30. The first kappa shape index (κ1) is 18.4. The van der Waals surface area contributed by atoms with Gasteiger partial charge in [-0.15, -0.1) is 11.3 Å². The third-order valence-electron chi connectivity index (χ3n) is 5.02. The molecule has 0 saturated carbocycles. The largest absolute Gasteiger partial charge is 0.459 e. The van der Waals surface area contributed by atoms with Crippen LogP contribution in [-0.4, -0.2) is 64.3 Å². The lowest BCUT2D eigenvalue weighted by Gasteiger charge is -2.34. The molecule has 0 aromatic carbocycles. The molecule has 3 aromatic heterocycles. The van der Waals surface area contributed by atoms with Gasteiger partial charge in [-0.2, -0.15) is 0 Å². The second kappa shape index (κ2) is 7.59. The van der Waals surface area contributed by atoms with Gasteiger partial charge in [-0.1, -0.05) is 0 Å². The molecule has 1 saturated heterocycles. The van der Waals surface area contributed by atoms with Gasteiger partial charge in [-0.3, -0.25) is 9.59 Å². The first-order chi connectivity index (χ1) is 13.5. The van der Waals surface area contributed by atoms with Gasteiger partial charge in [0.25, 0.3) is 5.91 Å². The SMILES string of the molecule is Cc1sc2ncnc(NCC(=O)N3CCN(C(=O)c4ccco4)CC3)c2c1C. The highest BCUT2D eigenvalue weighted by Gasteiger charge is 2.26. The molecule has 1 aliphatic heterocycles. The second-order valence-corrected chi connectivity index (χ2v) is 7.89. The molecule has 146 valence electrons. The number of hydrogen-bond donors (Lipinski definition) is 1. The van der Waals surface area contributed by atoms with E-state index in [4.69, 9.17) is 4.42 Å². The number of carbonyl (C=O) groups excluding carboxylic acids is 2. The number of nitrogens with zero attached hydrogens (tertiary/aromatic N) is 4. The summed E-state index contributed by atoms with van der Waals surface area (Å²) in [7, 11) is 0. The molecule has 28 heavy (non-hydrogen) atoms. The van der Waals surface area contributed by atoms with Gasteiger partial charge in [0.15, 0.2) is 5.76 Å². The minimum Gasteiger partial charge on any atom is -0.459 e. The predicted molar refractivity (Wildman–Crippen MR) is 107 cm³/mol. The molecule has 1 aliphatic rings. The van der Waals surface area contributed by atoms with E-state index < -0.39 is 0 Å². The Bertz CT molecular complexity index is 1010.